The summed E-state index contributed by atoms with van der Waals surface area (Å²) < 4.78 is 26.1. The van der Waals surface area contributed by atoms with E-state index in [2.05, 4.69) is 5.32 Å². The van der Waals surface area contributed by atoms with Gasteiger partial charge in [-0.25, -0.2) is 8.78 Å². The summed E-state index contributed by atoms with van der Waals surface area (Å²) in [4.78, 5) is 15.0. The molecule has 1 aromatic carbocycles. The van der Waals surface area contributed by atoms with Gasteiger partial charge in [0.05, 0.1) is 6.54 Å². The first kappa shape index (κ1) is 15.6. The van der Waals surface area contributed by atoms with Crippen LogP contribution in [0.5, 0.6) is 0 Å². The van der Waals surface area contributed by atoms with Crippen LogP contribution in [0.3, 0.4) is 0 Å². The maximum Gasteiger partial charge on any atom is 0.238 e. The van der Waals surface area contributed by atoms with Gasteiger partial charge in [0.2, 0.25) is 5.91 Å². The van der Waals surface area contributed by atoms with E-state index in [0.717, 1.165) is 23.1 Å². The number of likely N-dealkylation sites (N-methyl/N-ethyl adjacent to an activating group) is 1. The molecule has 112 valence electrons. The normalized spacial score (nSPS) is 12.4. The zero-order valence-electron chi connectivity index (χ0n) is 11.8. The van der Waals surface area contributed by atoms with Crippen molar-refractivity contribution in [1.82, 2.24) is 4.90 Å². The van der Waals surface area contributed by atoms with Crippen LogP contribution in [0.4, 0.5) is 14.5 Å². The summed E-state index contributed by atoms with van der Waals surface area (Å²) >= 11 is 1.62. The molecule has 0 saturated heterocycles. The van der Waals surface area contributed by atoms with Crippen molar-refractivity contribution < 1.29 is 13.6 Å². The van der Waals surface area contributed by atoms with E-state index in [-0.39, 0.29) is 24.2 Å². The predicted molar refractivity (Wildman–Crippen MR) is 80.4 cm³/mol. The first-order valence-electron chi connectivity index (χ1n) is 6.45. The number of nitrogens with zero attached hydrogens (tertiary/aromatic N) is 1. The number of halogens is 2. The minimum Gasteiger partial charge on any atom is -0.325 e. The van der Waals surface area contributed by atoms with Crippen molar-refractivity contribution in [3.8, 4) is 0 Å². The lowest BCUT2D eigenvalue weighted by molar-refractivity contribution is -0.117. The molecule has 1 N–H and O–H groups in total. The first-order chi connectivity index (χ1) is 9.95. The first-order valence-corrected chi connectivity index (χ1v) is 7.33. The SMILES string of the molecule is CC(c1cccs1)N(C)CC(=O)Nc1cc(F)cc(F)c1. The predicted octanol–water partition coefficient (Wildman–Crippen LogP) is 3.66. The van der Waals surface area contributed by atoms with Crippen LogP contribution in [0.2, 0.25) is 0 Å². The molecule has 1 amide bonds. The number of hydrogen-bond donors (Lipinski definition) is 1. The van der Waals surface area contributed by atoms with Gasteiger partial charge in [-0.05, 0) is 37.6 Å². The smallest absolute Gasteiger partial charge is 0.238 e. The minimum absolute atomic E-state index is 0.0972. The molecule has 0 aliphatic heterocycles. The summed E-state index contributed by atoms with van der Waals surface area (Å²) in [5, 5.41) is 4.48. The van der Waals surface area contributed by atoms with Crippen LogP contribution in [0, 0.1) is 11.6 Å². The number of rotatable bonds is 5. The highest BCUT2D eigenvalue weighted by molar-refractivity contribution is 7.10. The zero-order chi connectivity index (χ0) is 15.4. The van der Waals surface area contributed by atoms with Crippen molar-refractivity contribution in [3.05, 3.63) is 52.2 Å². The number of amides is 1. The Labute approximate surface area is 126 Å². The van der Waals surface area contributed by atoms with E-state index in [1.807, 2.05) is 36.4 Å². The van der Waals surface area contributed by atoms with Crippen LogP contribution in [0.1, 0.15) is 17.8 Å². The van der Waals surface area contributed by atoms with E-state index in [0.29, 0.717) is 0 Å². The lowest BCUT2D eigenvalue weighted by Gasteiger charge is -2.23. The lowest BCUT2D eigenvalue weighted by atomic mass is 10.2. The molecule has 0 radical (unpaired) electrons. The van der Waals surface area contributed by atoms with Gasteiger partial charge in [0.1, 0.15) is 11.6 Å². The second kappa shape index (κ2) is 6.78. The third-order valence-electron chi connectivity index (χ3n) is 3.16. The Balaban J connectivity index is 1.95. The quantitative estimate of drug-likeness (QED) is 0.914. The summed E-state index contributed by atoms with van der Waals surface area (Å²) in [5.74, 6) is -1.75. The number of hydrogen-bond acceptors (Lipinski definition) is 3. The Morgan fingerprint density at radius 2 is 2.00 bits per heavy atom. The number of carbonyl (C=O) groups excluding carboxylic acids is 1. The van der Waals surface area contributed by atoms with Crippen LogP contribution < -0.4 is 5.32 Å². The van der Waals surface area contributed by atoms with Crippen molar-refractivity contribution in [2.45, 2.75) is 13.0 Å². The molecular formula is C15H16F2N2OS. The highest BCUT2D eigenvalue weighted by Crippen LogP contribution is 2.23. The molecule has 1 atom stereocenters. The topological polar surface area (TPSA) is 32.3 Å². The molecule has 1 aromatic heterocycles. The zero-order valence-corrected chi connectivity index (χ0v) is 12.6. The number of benzene rings is 1. The molecule has 2 rings (SSSR count). The molecule has 2 aromatic rings. The third-order valence-corrected chi connectivity index (χ3v) is 4.20. The van der Waals surface area contributed by atoms with Crippen molar-refractivity contribution in [2.24, 2.45) is 0 Å². The second-order valence-electron chi connectivity index (χ2n) is 4.81. The Kier molecular flexibility index (Phi) is 5.03. The van der Waals surface area contributed by atoms with E-state index in [1.54, 1.807) is 11.3 Å². The summed E-state index contributed by atoms with van der Waals surface area (Å²) in [6, 6.07) is 7.00. The van der Waals surface area contributed by atoms with Crippen LogP contribution in [0.15, 0.2) is 35.7 Å². The van der Waals surface area contributed by atoms with E-state index in [1.165, 1.54) is 0 Å². The van der Waals surface area contributed by atoms with Gasteiger partial charge in [-0.2, -0.15) is 0 Å². The summed E-state index contributed by atoms with van der Waals surface area (Å²) in [7, 11) is 1.83. The van der Waals surface area contributed by atoms with Gasteiger partial charge >= 0.3 is 0 Å². The van der Waals surface area contributed by atoms with Crippen LogP contribution in [-0.2, 0) is 4.79 Å². The Morgan fingerprint density at radius 1 is 1.33 bits per heavy atom. The van der Waals surface area contributed by atoms with E-state index < -0.39 is 11.6 Å². The van der Waals surface area contributed by atoms with Crippen molar-refractivity contribution >= 4 is 22.9 Å². The maximum atomic E-state index is 13.1. The molecule has 1 heterocycles. The minimum atomic E-state index is -0.717. The van der Waals surface area contributed by atoms with Crippen LogP contribution in [0.25, 0.3) is 0 Å². The molecule has 0 aliphatic carbocycles. The molecule has 21 heavy (non-hydrogen) atoms. The van der Waals surface area contributed by atoms with Gasteiger partial charge < -0.3 is 5.32 Å². The molecule has 0 spiro atoms. The molecule has 0 bridgehead atoms. The fraction of sp³-hybridized carbons (Fsp3) is 0.267. The van der Waals surface area contributed by atoms with Gasteiger partial charge in [0, 0.05) is 22.7 Å². The van der Waals surface area contributed by atoms with Gasteiger partial charge in [0.25, 0.3) is 0 Å². The molecule has 0 aliphatic rings. The molecule has 6 heteroatoms. The molecule has 3 nitrogen and oxygen atoms in total. The second-order valence-corrected chi connectivity index (χ2v) is 5.79. The third kappa shape index (κ3) is 4.34. The highest BCUT2D eigenvalue weighted by atomic mass is 32.1. The van der Waals surface area contributed by atoms with Gasteiger partial charge in [-0.1, -0.05) is 6.07 Å². The van der Waals surface area contributed by atoms with E-state index >= 15 is 0 Å². The lowest BCUT2D eigenvalue weighted by Crippen LogP contribution is -2.32. The maximum absolute atomic E-state index is 13.1. The Morgan fingerprint density at radius 3 is 2.57 bits per heavy atom. The fourth-order valence-electron chi connectivity index (χ4n) is 1.94. The largest absolute Gasteiger partial charge is 0.325 e. The Bertz CT molecular complexity index is 596. The van der Waals surface area contributed by atoms with Gasteiger partial charge in [-0.3, -0.25) is 9.69 Å². The Hall–Kier alpha value is -1.79. The van der Waals surface area contributed by atoms with Gasteiger partial charge in [-0.15, -0.1) is 11.3 Å². The standard InChI is InChI=1S/C15H16F2N2OS/c1-10(14-4-3-5-21-14)19(2)9-15(20)18-13-7-11(16)6-12(17)8-13/h3-8,10H,9H2,1-2H3,(H,18,20). The van der Waals surface area contributed by atoms with Crippen LogP contribution >= 0.6 is 11.3 Å². The average molecular weight is 310 g/mol. The van der Waals surface area contributed by atoms with E-state index in [9.17, 15) is 13.6 Å². The molecule has 1 unspecified atom stereocenters. The number of nitrogens with one attached hydrogen (secondary N) is 1. The monoisotopic (exact) mass is 310 g/mol. The highest BCUT2D eigenvalue weighted by Gasteiger charge is 2.16. The molecular weight excluding hydrogens is 294 g/mol. The van der Waals surface area contributed by atoms with Gasteiger partial charge in [0.15, 0.2) is 0 Å². The number of anilines is 1. The number of thiophene rings is 1. The molecule has 0 fully saturated rings. The summed E-state index contributed by atoms with van der Waals surface area (Å²) in [5.41, 5.74) is 0.120. The summed E-state index contributed by atoms with van der Waals surface area (Å²) in [6.07, 6.45) is 0. The van der Waals surface area contributed by atoms with Crippen LogP contribution in [-0.4, -0.2) is 24.4 Å². The average Bonchev–Trinajstić information content (AvgIpc) is 2.89. The fourth-order valence-corrected chi connectivity index (χ4v) is 2.78. The summed E-state index contributed by atoms with van der Waals surface area (Å²) in [6.45, 7) is 2.14. The molecule has 0 saturated carbocycles. The van der Waals surface area contributed by atoms with Crippen molar-refractivity contribution in [3.63, 3.8) is 0 Å². The number of carbonyl (C=O) groups is 1. The van der Waals surface area contributed by atoms with Crippen molar-refractivity contribution in [2.75, 3.05) is 18.9 Å². The van der Waals surface area contributed by atoms with Crippen molar-refractivity contribution in [1.29, 1.82) is 0 Å². The van der Waals surface area contributed by atoms with E-state index in [4.69, 9.17) is 0 Å².